The lowest BCUT2D eigenvalue weighted by molar-refractivity contribution is -0.123. The van der Waals surface area contributed by atoms with E-state index in [0.717, 1.165) is 11.3 Å². The smallest absolute Gasteiger partial charge is 0.340 e. The normalized spacial score (nSPS) is 10.2. The molecule has 0 fully saturated rings. The van der Waals surface area contributed by atoms with Gasteiger partial charge in [-0.3, -0.25) is 4.79 Å². The van der Waals surface area contributed by atoms with Crippen LogP contribution in [0.1, 0.15) is 22.8 Å². The van der Waals surface area contributed by atoms with E-state index in [2.05, 4.69) is 11.9 Å². The highest BCUT2D eigenvalue weighted by Gasteiger charge is 2.20. The molecule has 0 saturated carbocycles. The molecule has 6 heteroatoms. The Kier molecular flexibility index (Phi) is 8.24. The lowest BCUT2D eigenvalue weighted by atomic mass is 10.1. The van der Waals surface area contributed by atoms with Crippen LogP contribution in [0.5, 0.6) is 0 Å². The van der Waals surface area contributed by atoms with Crippen molar-refractivity contribution >= 4 is 23.3 Å². The van der Waals surface area contributed by atoms with Gasteiger partial charge in [-0.2, -0.15) is 0 Å². The van der Waals surface area contributed by atoms with Crippen LogP contribution in [0.3, 0.4) is 0 Å². The molecule has 0 aliphatic carbocycles. The van der Waals surface area contributed by atoms with E-state index in [9.17, 15) is 9.59 Å². The first kappa shape index (κ1) is 21.2. The van der Waals surface area contributed by atoms with Crippen LogP contribution >= 0.6 is 0 Å². The zero-order valence-electron chi connectivity index (χ0n) is 16.3. The van der Waals surface area contributed by atoms with Gasteiger partial charge in [0.1, 0.15) is 6.61 Å². The lowest BCUT2D eigenvalue weighted by Gasteiger charge is -2.21. The number of rotatable bonds is 10. The zero-order chi connectivity index (χ0) is 20.4. The average molecular weight is 382 g/mol. The first-order chi connectivity index (χ1) is 13.6. The molecule has 0 radical (unpaired) electrons. The molecule has 0 aromatic heterocycles. The maximum atomic E-state index is 12.6. The van der Waals surface area contributed by atoms with Crippen LogP contribution in [0.2, 0.25) is 0 Å². The quantitative estimate of drug-likeness (QED) is 0.502. The summed E-state index contributed by atoms with van der Waals surface area (Å²) in [4.78, 5) is 26.3. The largest absolute Gasteiger partial charge is 0.462 e. The number of likely N-dealkylation sites (N-methyl/N-ethyl adjacent to an activating group) is 1. The highest BCUT2D eigenvalue weighted by Crippen LogP contribution is 2.25. The summed E-state index contributed by atoms with van der Waals surface area (Å²) in [7, 11) is 1.61. The summed E-state index contributed by atoms with van der Waals surface area (Å²) in [6.07, 6.45) is 1.73. The number of hydrogen-bond donors (Lipinski definition) is 1. The maximum absolute atomic E-state index is 12.6. The van der Waals surface area contributed by atoms with Gasteiger partial charge in [0.15, 0.2) is 0 Å². The molecular formula is C22H26N2O4. The minimum atomic E-state index is -0.474. The number of hydrogen-bond acceptors (Lipinski definition) is 5. The fraction of sp³-hybridized carbons (Fsp3) is 0.273. The Labute approximate surface area is 165 Å². The van der Waals surface area contributed by atoms with E-state index in [1.54, 1.807) is 38.2 Å². The molecule has 0 aliphatic rings. The van der Waals surface area contributed by atoms with Crippen LogP contribution in [0.4, 0.5) is 11.4 Å². The van der Waals surface area contributed by atoms with Crippen molar-refractivity contribution in [3.8, 4) is 0 Å². The van der Waals surface area contributed by atoms with Crippen molar-refractivity contribution in [3.63, 3.8) is 0 Å². The Morgan fingerprint density at radius 3 is 2.61 bits per heavy atom. The van der Waals surface area contributed by atoms with Gasteiger partial charge in [0.05, 0.1) is 24.5 Å². The number of esters is 1. The monoisotopic (exact) mass is 382 g/mol. The number of ether oxygens (including phenoxy) is 2. The second-order valence-electron chi connectivity index (χ2n) is 6.05. The number of carbonyl (C=O) groups excluding carboxylic acids is 2. The summed E-state index contributed by atoms with van der Waals surface area (Å²) in [6.45, 7) is 6.47. The van der Waals surface area contributed by atoms with Crippen molar-refractivity contribution in [1.82, 2.24) is 0 Å². The number of benzene rings is 2. The molecule has 0 spiro atoms. The van der Waals surface area contributed by atoms with Crippen LogP contribution in [-0.2, 0) is 20.9 Å². The van der Waals surface area contributed by atoms with Crippen LogP contribution in [0.25, 0.3) is 0 Å². The second kappa shape index (κ2) is 10.9. The predicted octanol–water partition coefficient (Wildman–Crippen LogP) is 3.64. The van der Waals surface area contributed by atoms with E-state index < -0.39 is 5.97 Å². The van der Waals surface area contributed by atoms with E-state index in [-0.39, 0.29) is 19.1 Å². The summed E-state index contributed by atoms with van der Waals surface area (Å²) < 4.78 is 10.6. The molecule has 2 rings (SSSR count). The minimum Gasteiger partial charge on any atom is -0.462 e. The van der Waals surface area contributed by atoms with Gasteiger partial charge in [0, 0.05) is 19.3 Å². The van der Waals surface area contributed by atoms with E-state index in [4.69, 9.17) is 9.47 Å². The molecule has 0 bridgehead atoms. The van der Waals surface area contributed by atoms with Crippen molar-refractivity contribution in [2.75, 3.05) is 37.0 Å². The summed E-state index contributed by atoms with van der Waals surface area (Å²) in [5.41, 5.74) is 2.54. The highest BCUT2D eigenvalue weighted by atomic mass is 16.5. The van der Waals surface area contributed by atoms with Gasteiger partial charge in [-0.1, -0.05) is 36.4 Å². The summed E-state index contributed by atoms with van der Waals surface area (Å²) >= 11 is 0. The Morgan fingerprint density at radius 1 is 1.18 bits per heavy atom. The van der Waals surface area contributed by atoms with Gasteiger partial charge in [-0.15, -0.1) is 6.58 Å². The van der Waals surface area contributed by atoms with Crippen LogP contribution in [-0.4, -0.2) is 38.7 Å². The van der Waals surface area contributed by atoms with Crippen LogP contribution in [0, 0.1) is 0 Å². The number of amides is 1. The van der Waals surface area contributed by atoms with Crippen molar-refractivity contribution in [3.05, 3.63) is 72.3 Å². The van der Waals surface area contributed by atoms with Gasteiger partial charge >= 0.3 is 5.97 Å². The standard InChI is InChI=1S/C22H26N2O4/c1-4-13-23-18-11-12-19(22(26)28-5-2)20(14-18)24(3)21(25)16-27-15-17-9-7-6-8-10-17/h4,6-12,14,23H,1,5,13,15-16H2,2-3H3. The van der Waals surface area contributed by atoms with Gasteiger partial charge in [-0.05, 0) is 30.7 Å². The Morgan fingerprint density at radius 2 is 1.93 bits per heavy atom. The molecule has 6 nitrogen and oxygen atoms in total. The molecule has 1 N–H and O–H groups in total. The van der Waals surface area contributed by atoms with Crippen LogP contribution in [0.15, 0.2) is 61.2 Å². The van der Waals surface area contributed by atoms with Gasteiger partial charge in [0.25, 0.3) is 5.91 Å². The van der Waals surface area contributed by atoms with Crippen molar-refractivity contribution in [2.45, 2.75) is 13.5 Å². The van der Waals surface area contributed by atoms with Gasteiger partial charge in [-0.25, -0.2) is 4.79 Å². The molecule has 0 saturated heterocycles. The van der Waals surface area contributed by atoms with Crippen molar-refractivity contribution < 1.29 is 19.1 Å². The lowest BCUT2D eigenvalue weighted by Crippen LogP contribution is -2.31. The number of anilines is 2. The highest BCUT2D eigenvalue weighted by molar-refractivity contribution is 6.03. The predicted molar refractivity (Wildman–Crippen MR) is 111 cm³/mol. The molecule has 0 heterocycles. The Balaban J connectivity index is 2.12. The van der Waals surface area contributed by atoms with E-state index in [1.165, 1.54) is 4.90 Å². The number of carbonyl (C=O) groups is 2. The first-order valence-electron chi connectivity index (χ1n) is 9.11. The molecular weight excluding hydrogens is 356 g/mol. The summed E-state index contributed by atoms with van der Waals surface area (Å²) in [6, 6.07) is 14.8. The number of nitrogens with one attached hydrogen (secondary N) is 1. The fourth-order valence-corrected chi connectivity index (χ4v) is 2.55. The maximum Gasteiger partial charge on any atom is 0.340 e. The third-order valence-corrected chi connectivity index (χ3v) is 4.02. The molecule has 148 valence electrons. The molecule has 2 aromatic carbocycles. The second-order valence-corrected chi connectivity index (χ2v) is 6.05. The summed E-state index contributed by atoms with van der Waals surface area (Å²) in [5, 5.41) is 3.15. The number of nitrogens with zero attached hydrogens (tertiary/aromatic N) is 1. The Bertz CT molecular complexity index is 805. The minimum absolute atomic E-state index is 0.0992. The Hall–Kier alpha value is -3.12. The molecule has 28 heavy (non-hydrogen) atoms. The molecule has 2 aromatic rings. The zero-order valence-corrected chi connectivity index (χ0v) is 16.3. The SMILES string of the molecule is C=CCNc1ccc(C(=O)OCC)c(N(C)C(=O)COCc2ccccc2)c1. The molecule has 1 amide bonds. The van der Waals surface area contributed by atoms with Crippen molar-refractivity contribution in [1.29, 1.82) is 0 Å². The van der Waals surface area contributed by atoms with E-state index in [0.29, 0.717) is 24.4 Å². The van der Waals surface area contributed by atoms with Crippen molar-refractivity contribution in [2.24, 2.45) is 0 Å². The fourth-order valence-electron chi connectivity index (χ4n) is 2.55. The van der Waals surface area contributed by atoms with Crippen LogP contribution < -0.4 is 10.2 Å². The average Bonchev–Trinajstić information content (AvgIpc) is 2.72. The topological polar surface area (TPSA) is 67.9 Å². The van der Waals surface area contributed by atoms with Gasteiger partial charge < -0.3 is 19.7 Å². The first-order valence-corrected chi connectivity index (χ1v) is 9.11. The third kappa shape index (κ3) is 5.96. The van der Waals surface area contributed by atoms with E-state index >= 15 is 0 Å². The van der Waals surface area contributed by atoms with E-state index in [1.807, 2.05) is 30.3 Å². The molecule has 0 unspecified atom stereocenters. The van der Waals surface area contributed by atoms with Gasteiger partial charge in [0.2, 0.25) is 0 Å². The third-order valence-electron chi connectivity index (χ3n) is 4.02. The molecule has 0 atom stereocenters. The molecule has 0 aliphatic heterocycles. The summed E-state index contributed by atoms with van der Waals surface area (Å²) in [5.74, 6) is -0.736.